The van der Waals surface area contributed by atoms with Crippen molar-refractivity contribution in [1.82, 2.24) is 0 Å². The lowest BCUT2D eigenvalue weighted by atomic mass is 9.43. The van der Waals surface area contributed by atoms with Crippen molar-refractivity contribution in [2.75, 3.05) is 7.11 Å². The van der Waals surface area contributed by atoms with Crippen LogP contribution in [0.1, 0.15) is 56.8 Å². The number of Topliss-reactive ketones (excluding diaryl/α,β-unsaturated/α-hetero) is 2. The summed E-state index contributed by atoms with van der Waals surface area (Å²) in [6.45, 7) is 4.84. The van der Waals surface area contributed by atoms with Crippen LogP contribution < -0.4 is 0 Å². The number of phenols is 1. The van der Waals surface area contributed by atoms with Gasteiger partial charge in [0, 0.05) is 24.8 Å². The number of aromatic hydroxyl groups is 1. The summed E-state index contributed by atoms with van der Waals surface area (Å²) >= 11 is 0. The molecule has 0 aromatic heterocycles. The van der Waals surface area contributed by atoms with Gasteiger partial charge in [0.2, 0.25) is 5.78 Å². The zero-order valence-corrected chi connectivity index (χ0v) is 20.2. The smallest absolute Gasteiger partial charge is 0.310 e. The fourth-order valence-electron chi connectivity index (χ4n) is 6.78. The summed E-state index contributed by atoms with van der Waals surface area (Å²) in [7, 11) is 1.27. The minimum atomic E-state index is -1.14. The number of cyclic esters (lactones) is 1. The number of benzene rings is 1. The van der Waals surface area contributed by atoms with E-state index in [9.17, 15) is 29.1 Å². The van der Waals surface area contributed by atoms with Crippen molar-refractivity contribution in [3.05, 3.63) is 29.8 Å². The summed E-state index contributed by atoms with van der Waals surface area (Å²) in [5.74, 6) is -4.69. The molecule has 2 saturated carbocycles. The molecule has 9 heteroatoms. The summed E-state index contributed by atoms with van der Waals surface area (Å²) in [6, 6.07) is 5.63. The van der Waals surface area contributed by atoms with Gasteiger partial charge in [-0.1, -0.05) is 13.8 Å². The first-order chi connectivity index (χ1) is 16.4. The molecule has 0 unspecified atom stereocenters. The number of ether oxygens (including phenoxy) is 3. The van der Waals surface area contributed by atoms with E-state index in [1.54, 1.807) is 6.92 Å². The molecule has 0 spiro atoms. The average molecular weight is 487 g/mol. The zero-order chi connectivity index (χ0) is 25.7. The second-order valence-corrected chi connectivity index (χ2v) is 10.4. The Bertz CT molecular complexity index is 1080. The fraction of sp³-hybridized carbons (Fsp3) is 0.577. The molecule has 35 heavy (non-hydrogen) atoms. The molecule has 2 aliphatic carbocycles. The first-order valence-electron chi connectivity index (χ1n) is 11.7. The predicted molar refractivity (Wildman–Crippen MR) is 120 cm³/mol. The maximum atomic E-state index is 13.8. The maximum absolute atomic E-state index is 13.8. The molecule has 1 aliphatic heterocycles. The van der Waals surface area contributed by atoms with E-state index in [2.05, 4.69) is 0 Å². The molecule has 1 aromatic carbocycles. The summed E-state index contributed by atoms with van der Waals surface area (Å²) in [5.41, 5.74) is -1.60. The van der Waals surface area contributed by atoms with Crippen molar-refractivity contribution in [2.45, 2.75) is 58.7 Å². The largest absolute Gasteiger partial charge is 0.508 e. The van der Waals surface area contributed by atoms with E-state index in [0.717, 1.165) is 0 Å². The molecule has 0 bridgehead atoms. The normalized spacial score (nSPS) is 36.3. The minimum Gasteiger partial charge on any atom is -0.508 e. The molecule has 1 N–H and O–H groups in total. The number of rotatable bonds is 4. The van der Waals surface area contributed by atoms with E-state index < -0.39 is 64.5 Å². The van der Waals surface area contributed by atoms with Crippen LogP contribution in [-0.2, 0) is 33.4 Å². The Hall–Kier alpha value is -3.23. The highest BCUT2D eigenvalue weighted by Gasteiger charge is 2.68. The summed E-state index contributed by atoms with van der Waals surface area (Å²) in [6.07, 6.45) is -1.39. The third kappa shape index (κ3) is 4.00. The van der Waals surface area contributed by atoms with Gasteiger partial charge in [0.15, 0.2) is 18.0 Å². The van der Waals surface area contributed by atoms with Gasteiger partial charge in [-0.2, -0.15) is 0 Å². The first-order valence-corrected chi connectivity index (χ1v) is 11.7. The zero-order valence-electron chi connectivity index (χ0n) is 20.2. The molecule has 9 nitrogen and oxygen atoms in total. The van der Waals surface area contributed by atoms with E-state index in [4.69, 9.17) is 14.2 Å². The third-order valence-electron chi connectivity index (χ3n) is 8.34. The van der Waals surface area contributed by atoms with Crippen molar-refractivity contribution < 1.29 is 43.3 Å². The Morgan fingerprint density at radius 2 is 1.74 bits per heavy atom. The van der Waals surface area contributed by atoms with E-state index in [-0.39, 0.29) is 29.9 Å². The highest BCUT2D eigenvalue weighted by Crippen LogP contribution is 2.64. The molecule has 188 valence electrons. The number of methoxy groups -OCH3 is 1. The van der Waals surface area contributed by atoms with Crippen molar-refractivity contribution in [1.29, 1.82) is 0 Å². The van der Waals surface area contributed by atoms with Crippen LogP contribution in [0.5, 0.6) is 5.75 Å². The van der Waals surface area contributed by atoms with Crippen molar-refractivity contribution in [3.8, 4) is 5.75 Å². The van der Waals surface area contributed by atoms with Gasteiger partial charge in [-0.25, -0.2) is 0 Å². The topological polar surface area (TPSA) is 133 Å². The molecule has 1 heterocycles. The van der Waals surface area contributed by atoms with Crippen LogP contribution in [0.4, 0.5) is 0 Å². The quantitative estimate of drug-likeness (QED) is 0.387. The van der Waals surface area contributed by atoms with Crippen LogP contribution in [0, 0.1) is 28.6 Å². The van der Waals surface area contributed by atoms with E-state index in [1.165, 1.54) is 38.3 Å². The molecule has 1 aromatic rings. The van der Waals surface area contributed by atoms with Gasteiger partial charge in [0.05, 0.1) is 18.9 Å². The number of esters is 3. The Morgan fingerprint density at radius 3 is 2.34 bits per heavy atom. The first kappa shape index (κ1) is 24.9. The van der Waals surface area contributed by atoms with E-state index in [1.807, 2.05) is 6.92 Å². The molecule has 1 saturated heterocycles. The molecule has 3 aliphatic rings. The number of carbonyl (C=O) groups excluding carboxylic acids is 5. The molecule has 0 amide bonds. The van der Waals surface area contributed by atoms with Crippen LogP contribution in [0.3, 0.4) is 0 Å². The van der Waals surface area contributed by atoms with E-state index in [0.29, 0.717) is 12.8 Å². The summed E-state index contributed by atoms with van der Waals surface area (Å²) < 4.78 is 15.9. The number of hydrogen-bond donors (Lipinski definition) is 1. The molecular formula is C26H30O9. The molecular weight excluding hydrogens is 456 g/mol. The van der Waals surface area contributed by atoms with Crippen LogP contribution in [0.15, 0.2) is 24.3 Å². The van der Waals surface area contributed by atoms with Gasteiger partial charge in [-0.05, 0) is 54.4 Å². The highest BCUT2D eigenvalue weighted by molar-refractivity contribution is 6.01. The van der Waals surface area contributed by atoms with E-state index >= 15 is 0 Å². The number of carbonyl (C=O) groups is 5. The van der Waals surface area contributed by atoms with Gasteiger partial charge < -0.3 is 19.3 Å². The third-order valence-corrected chi connectivity index (χ3v) is 8.34. The maximum Gasteiger partial charge on any atom is 0.310 e. The van der Waals surface area contributed by atoms with Gasteiger partial charge in [-0.15, -0.1) is 0 Å². The lowest BCUT2D eigenvalue weighted by Crippen LogP contribution is -2.65. The molecule has 3 fully saturated rings. The van der Waals surface area contributed by atoms with Gasteiger partial charge in [0.1, 0.15) is 5.75 Å². The number of hydrogen-bond acceptors (Lipinski definition) is 9. The molecule has 4 rings (SSSR count). The average Bonchev–Trinajstić information content (AvgIpc) is 2.79. The minimum absolute atomic E-state index is 0.00423. The van der Waals surface area contributed by atoms with Gasteiger partial charge in [-0.3, -0.25) is 24.0 Å². The Balaban J connectivity index is 1.76. The predicted octanol–water partition coefficient (Wildman–Crippen LogP) is 2.62. The van der Waals surface area contributed by atoms with Crippen molar-refractivity contribution in [2.24, 2.45) is 28.6 Å². The molecule has 0 radical (unpaired) electrons. The number of fused-ring (bicyclic) bond motifs is 3. The van der Waals surface area contributed by atoms with Crippen molar-refractivity contribution >= 4 is 29.5 Å². The Labute approximate surface area is 203 Å². The second-order valence-electron chi connectivity index (χ2n) is 10.4. The lowest BCUT2D eigenvalue weighted by molar-refractivity contribution is -0.206. The van der Waals surface area contributed by atoms with Crippen LogP contribution >= 0.6 is 0 Å². The lowest BCUT2D eigenvalue weighted by Gasteiger charge is -2.60. The summed E-state index contributed by atoms with van der Waals surface area (Å²) in [5, 5.41) is 9.54. The van der Waals surface area contributed by atoms with Gasteiger partial charge >= 0.3 is 17.9 Å². The number of phenolic OH excluding ortho intramolecular Hbond substituents is 1. The van der Waals surface area contributed by atoms with Gasteiger partial charge in [0.25, 0.3) is 0 Å². The second kappa shape index (κ2) is 8.77. The van der Waals surface area contributed by atoms with Crippen molar-refractivity contribution in [3.63, 3.8) is 0 Å². The standard InChI is InChI=1S/C26H30O9/c1-13(27)34-18-11-17(23(31)33-4)25(2)10-9-16-24(32)35-19(12-26(16,3)22(25)21(18)30)20(29)14-5-7-15(28)8-6-14/h5-8,16-19,22,28H,9-12H2,1-4H3/t16-,17-,18-,19-,22-,25-,26-/m0/s1. The Kier molecular flexibility index (Phi) is 6.23. The van der Waals surface area contributed by atoms with Crippen LogP contribution in [-0.4, -0.2) is 53.9 Å². The SMILES string of the molecule is COC(=O)[C@@H]1C[C@H](OC(C)=O)C(=O)[C@H]2[C@@]1(C)CC[C@H]1C(=O)O[C@H](C(=O)c3ccc(O)cc3)C[C@]21C. The number of ketones is 2. The van der Waals surface area contributed by atoms with Crippen LogP contribution in [0.2, 0.25) is 0 Å². The monoisotopic (exact) mass is 486 g/mol. The fourth-order valence-corrected chi connectivity index (χ4v) is 6.78. The summed E-state index contributed by atoms with van der Waals surface area (Å²) in [4.78, 5) is 64.8. The Morgan fingerprint density at radius 1 is 1.09 bits per heavy atom. The highest BCUT2D eigenvalue weighted by atomic mass is 16.6. The van der Waals surface area contributed by atoms with Crippen LogP contribution in [0.25, 0.3) is 0 Å². The molecule has 7 atom stereocenters.